The highest BCUT2D eigenvalue weighted by molar-refractivity contribution is 6.00. The molecule has 8 heteroatoms. The molecule has 0 unspecified atom stereocenters. The molecule has 0 bridgehead atoms. The Morgan fingerprint density at radius 2 is 2.00 bits per heavy atom. The number of carbonyl (C=O) groups is 2. The van der Waals surface area contributed by atoms with E-state index in [1.54, 1.807) is 28.9 Å². The Morgan fingerprint density at radius 1 is 1.21 bits per heavy atom. The molecule has 4 rings (SSSR count). The first-order valence-electron chi connectivity index (χ1n) is 9.14. The van der Waals surface area contributed by atoms with E-state index in [9.17, 15) is 9.59 Å². The maximum absolute atomic E-state index is 13.0. The number of rotatable bonds is 4. The highest BCUT2D eigenvalue weighted by Crippen LogP contribution is 2.26. The minimum absolute atomic E-state index is 0.131. The summed E-state index contributed by atoms with van der Waals surface area (Å²) in [7, 11) is 1.62. The molecule has 0 aliphatic carbocycles. The van der Waals surface area contributed by atoms with E-state index in [2.05, 4.69) is 10.1 Å². The molecule has 1 aromatic carbocycles. The van der Waals surface area contributed by atoms with Gasteiger partial charge in [-0.1, -0.05) is 12.1 Å². The predicted octanol–water partition coefficient (Wildman–Crippen LogP) is 1.74. The number of hydrogen-bond donors (Lipinski definition) is 1. The van der Waals surface area contributed by atoms with Crippen molar-refractivity contribution in [2.75, 3.05) is 20.2 Å². The Kier molecular flexibility index (Phi) is 4.68. The van der Waals surface area contributed by atoms with Gasteiger partial charge in [0.15, 0.2) is 5.65 Å². The van der Waals surface area contributed by atoms with Crippen molar-refractivity contribution in [3.63, 3.8) is 0 Å². The predicted molar refractivity (Wildman–Crippen MR) is 103 cm³/mol. The first kappa shape index (κ1) is 18.0. The van der Waals surface area contributed by atoms with Crippen molar-refractivity contribution in [1.82, 2.24) is 19.5 Å². The van der Waals surface area contributed by atoms with E-state index in [1.807, 2.05) is 30.3 Å². The van der Waals surface area contributed by atoms with Gasteiger partial charge in [0.05, 0.1) is 19.0 Å². The molecular weight excluding hydrogens is 358 g/mol. The number of amides is 2. The maximum Gasteiger partial charge on any atom is 0.259 e. The second-order valence-electron chi connectivity index (χ2n) is 6.82. The van der Waals surface area contributed by atoms with Gasteiger partial charge in [0.1, 0.15) is 11.3 Å². The Bertz CT molecular complexity index is 1040. The summed E-state index contributed by atoms with van der Waals surface area (Å²) in [6.45, 7) is 0.999. The fourth-order valence-corrected chi connectivity index (χ4v) is 3.58. The van der Waals surface area contributed by atoms with Crippen molar-refractivity contribution in [1.29, 1.82) is 0 Å². The lowest BCUT2D eigenvalue weighted by atomic mass is 9.96. The van der Waals surface area contributed by atoms with Crippen LogP contribution in [-0.2, 0) is 4.79 Å². The summed E-state index contributed by atoms with van der Waals surface area (Å²) in [5.41, 5.74) is 8.05. The van der Waals surface area contributed by atoms with Gasteiger partial charge in [0, 0.05) is 30.8 Å². The number of primary amides is 1. The van der Waals surface area contributed by atoms with Crippen LogP contribution < -0.4 is 10.5 Å². The summed E-state index contributed by atoms with van der Waals surface area (Å²) in [6, 6.07) is 9.48. The van der Waals surface area contributed by atoms with Crippen LogP contribution in [0, 0.1) is 5.92 Å². The molecule has 3 heterocycles. The molecule has 28 heavy (non-hydrogen) atoms. The van der Waals surface area contributed by atoms with E-state index in [1.165, 1.54) is 0 Å². The zero-order valence-corrected chi connectivity index (χ0v) is 15.5. The number of nitrogens with two attached hydrogens (primary N) is 1. The molecule has 2 amide bonds. The summed E-state index contributed by atoms with van der Waals surface area (Å²) >= 11 is 0. The summed E-state index contributed by atoms with van der Waals surface area (Å²) in [5, 5.41) is 4.40. The van der Waals surface area contributed by atoms with Gasteiger partial charge >= 0.3 is 0 Å². The van der Waals surface area contributed by atoms with Crippen molar-refractivity contribution in [2.45, 2.75) is 12.8 Å². The van der Waals surface area contributed by atoms with Crippen molar-refractivity contribution in [3.05, 3.63) is 48.3 Å². The molecule has 0 atom stereocenters. The van der Waals surface area contributed by atoms with Gasteiger partial charge in [-0.15, -0.1) is 0 Å². The lowest BCUT2D eigenvalue weighted by molar-refractivity contribution is -0.123. The number of likely N-dealkylation sites (tertiary alicyclic amines) is 1. The fourth-order valence-electron chi connectivity index (χ4n) is 3.58. The monoisotopic (exact) mass is 379 g/mol. The second-order valence-corrected chi connectivity index (χ2v) is 6.82. The zero-order valence-electron chi connectivity index (χ0n) is 15.5. The second kappa shape index (κ2) is 7.30. The quantitative estimate of drug-likeness (QED) is 0.744. The van der Waals surface area contributed by atoms with Crippen molar-refractivity contribution in [3.8, 4) is 17.0 Å². The third-order valence-corrected chi connectivity index (χ3v) is 5.18. The van der Waals surface area contributed by atoms with Crippen molar-refractivity contribution < 1.29 is 14.3 Å². The molecule has 3 aromatic rings. The van der Waals surface area contributed by atoms with E-state index >= 15 is 0 Å². The van der Waals surface area contributed by atoms with Gasteiger partial charge in [0.2, 0.25) is 5.91 Å². The summed E-state index contributed by atoms with van der Waals surface area (Å²) in [5.74, 6) is 0.148. The van der Waals surface area contributed by atoms with Gasteiger partial charge < -0.3 is 15.4 Å². The van der Waals surface area contributed by atoms with E-state index in [0.29, 0.717) is 37.1 Å². The van der Waals surface area contributed by atoms with Crippen LogP contribution in [0.15, 0.2) is 42.7 Å². The third kappa shape index (κ3) is 3.17. The maximum atomic E-state index is 13.0. The molecule has 1 saturated heterocycles. The molecule has 8 nitrogen and oxygen atoms in total. The average molecular weight is 379 g/mol. The number of piperidine rings is 1. The Labute approximate surface area is 161 Å². The Balaban J connectivity index is 1.65. The summed E-state index contributed by atoms with van der Waals surface area (Å²) in [6.07, 6.45) is 4.39. The number of carbonyl (C=O) groups excluding carboxylic acids is 2. The molecule has 1 aliphatic rings. The van der Waals surface area contributed by atoms with E-state index < -0.39 is 0 Å². The summed E-state index contributed by atoms with van der Waals surface area (Å²) in [4.78, 5) is 30.4. The Hall–Kier alpha value is -3.42. The van der Waals surface area contributed by atoms with Crippen LogP contribution in [0.25, 0.3) is 16.9 Å². The molecule has 2 N–H and O–H groups in total. The van der Waals surface area contributed by atoms with Crippen molar-refractivity contribution in [2.24, 2.45) is 11.7 Å². The van der Waals surface area contributed by atoms with Crippen LogP contribution >= 0.6 is 0 Å². The molecule has 0 saturated carbocycles. The SMILES string of the molecule is COc1cccc(-c2ccnc3c(C(=O)N4CCC(C(N)=O)CC4)cnn23)c1. The largest absolute Gasteiger partial charge is 0.497 e. The molecule has 0 spiro atoms. The van der Waals surface area contributed by atoms with Crippen molar-refractivity contribution >= 4 is 17.5 Å². The average Bonchev–Trinajstić information content (AvgIpc) is 3.17. The molecule has 1 fully saturated rings. The number of benzene rings is 1. The van der Waals surface area contributed by atoms with Gasteiger partial charge in [-0.2, -0.15) is 5.10 Å². The van der Waals surface area contributed by atoms with Gasteiger partial charge in [-0.3, -0.25) is 9.59 Å². The lowest BCUT2D eigenvalue weighted by Gasteiger charge is -2.30. The minimum Gasteiger partial charge on any atom is -0.497 e. The van der Waals surface area contributed by atoms with Crippen LogP contribution in [0.5, 0.6) is 5.75 Å². The van der Waals surface area contributed by atoms with Crippen LogP contribution in [0.1, 0.15) is 23.2 Å². The van der Waals surface area contributed by atoms with E-state index in [0.717, 1.165) is 17.0 Å². The molecular formula is C20H21N5O3. The van der Waals surface area contributed by atoms with Crippen LogP contribution in [0.2, 0.25) is 0 Å². The molecule has 0 radical (unpaired) electrons. The molecule has 144 valence electrons. The van der Waals surface area contributed by atoms with Gasteiger partial charge in [-0.25, -0.2) is 9.50 Å². The number of ether oxygens (including phenoxy) is 1. The van der Waals surface area contributed by atoms with Crippen LogP contribution in [0.4, 0.5) is 0 Å². The highest BCUT2D eigenvalue weighted by Gasteiger charge is 2.28. The van der Waals surface area contributed by atoms with Crippen LogP contribution in [0.3, 0.4) is 0 Å². The number of nitrogens with zero attached hydrogens (tertiary/aromatic N) is 4. The topological polar surface area (TPSA) is 103 Å². The fraction of sp³-hybridized carbons (Fsp3) is 0.300. The Morgan fingerprint density at radius 3 is 2.71 bits per heavy atom. The minimum atomic E-state index is -0.298. The molecule has 2 aromatic heterocycles. The first-order valence-corrected chi connectivity index (χ1v) is 9.14. The number of aromatic nitrogens is 3. The first-order chi connectivity index (χ1) is 13.6. The molecule has 1 aliphatic heterocycles. The number of fused-ring (bicyclic) bond motifs is 1. The van der Waals surface area contributed by atoms with E-state index in [-0.39, 0.29) is 17.7 Å². The highest BCUT2D eigenvalue weighted by atomic mass is 16.5. The van der Waals surface area contributed by atoms with Crippen LogP contribution in [-0.4, -0.2) is 51.5 Å². The number of methoxy groups -OCH3 is 1. The lowest BCUT2D eigenvalue weighted by Crippen LogP contribution is -2.41. The smallest absolute Gasteiger partial charge is 0.259 e. The number of hydrogen-bond acceptors (Lipinski definition) is 5. The third-order valence-electron chi connectivity index (χ3n) is 5.18. The van der Waals surface area contributed by atoms with Gasteiger partial charge in [0.25, 0.3) is 5.91 Å². The normalized spacial score (nSPS) is 15.0. The van der Waals surface area contributed by atoms with Gasteiger partial charge in [-0.05, 0) is 31.0 Å². The zero-order chi connectivity index (χ0) is 19.7. The standard InChI is InChI=1S/C20H21N5O3/c1-28-15-4-2-3-14(11-15)17-5-8-22-19-16(12-23-25(17)19)20(27)24-9-6-13(7-10-24)18(21)26/h2-5,8,11-13H,6-7,9-10H2,1H3,(H2,21,26). The summed E-state index contributed by atoms with van der Waals surface area (Å²) < 4.78 is 6.96. The van der Waals surface area contributed by atoms with E-state index in [4.69, 9.17) is 10.5 Å².